The topological polar surface area (TPSA) is 83.7 Å². The van der Waals surface area contributed by atoms with Crippen molar-refractivity contribution in [1.82, 2.24) is 5.43 Å². The maximum atomic E-state index is 12.1. The van der Waals surface area contributed by atoms with Crippen molar-refractivity contribution in [3.05, 3.63) is 76.0 Å². The molecule has 0 fully saturated rings. The van der Waals surface area contributed by atoms with Gasteiger partial charge in [-0.1, -0.05) is 23.2 Å². The second-order valence-corrected chi connectivity index (χ2v) is 6.60. The lowest BCUT2D eigenvalue weighted by Gasteiger charge is -2.03. The average molecular weight is 416 g/mol. The molecule has 0 bridgehead atoms. The minimum Gasteiger partial charge on any atom is -0.455 e. The molecule has 8 heteroatoms. The largest absolute Gasteiger partial charge is 0.455 e. The van der Waals surface area contributed by atoms with E-state index in [9.17, 15) is 9.59 Å². The van der Waals surface area contributed by atoms with Gasteiger partial charge in [0.2, 0.25) is 5.91 Å². The summed E-state index contributed by atoms with van der Waals surface area (Å²) in [5.74, 6) is 0.490. The summed E-state index contributed by atoms with van der Waals surface area (Å²) in [5.41, 5.74) is 4.21. The third-order valence-electron chi connectivity index (χ3n) is 3.66. The predicted molar refractivity (Wildman–Crippen MR) is 110 cm³/mol. The highest BCUT2D eigenvalue weighted by atomic mass is 35.5. The Morgan fingerprint density at radius 3 is 2.43 bits per heavy atom. The molecule has 0 aliphatic rings. The lowest BCUT2D eigenvalue weighted by atomic mass is 10.2. The van der Waals surface area contributed by atoms with Crippen molar-refractivity contribution in [3.8, 4) is 11.3 Å². The fraction of sp³-hybridized carbons (Fsp3) is 0.0500. The fourth-order valence-electron chi connectivity index (χ4n) is 2.35. The van der Waals surface area contributed by atoms with Crippen molar-refractivity contribution >= 4 is 46.9 Å². The van der Waals surface area contributed by atoms with Crippen molar-refractivity contribution in [1.29, 1.82) is 0 Å². The van der Waals surface area contributed by atoms with Crippen LogP contribution in [0.15, 0.2) is 64.1 Å². The van der Waals surface area contributed by atoms with Crippen LogP contribution in [-0.2, 0) is 4.79 Å². The highest BCUT2D eigenvalue weighted by molar-refractivity contribution is 6.42. The monoisotopic (exact) mass is 415 g/mol. The van der Waals surface area contributed by atoms with Crippen molar-refractivity contribution < 1.29 is 14.0 Å². The summed E-state index contributed by atoms with van der Waals surface area (Å²) in [6.45, 7) is 1.41. The zero-order chi connectivity index (χ0) is 20.1. The Balaban J connectivity index is 1.61. The molecule has 1 aromatic heterocycles. The first-order chi connectivity index (χ1) is 13.4. The number of hydrogen-bond acceptors (Lipinski definition) is 4. The van der Waals surface area contributed by atoms with Gasteiger partial charge < -0.3 is 9.73 Å². The number of carbonyl (C=O) groups is 2. The summed E-state index contributed by atoms with van der Waals surface area (Å²) >= 11 is 11.9. The fourth-order valence-corrected chi connectivity index (χ4v) is 2.65. The second-order valence-electron chi connectivity index (χ2n) is 5.79. The number of benzene rings is 2. The van der Waals surface area contributed by atoms with Gasteiger partial charge in [-0.15, -0.1) is 0 Å². The SMILES string of the molecule is CC(=O)Nc1ccc(C(=O)N/N=C\c2ccc(-c3ccc(Cl)c(Cl)c3)o2)cc1. The number of rotatable bonds is 5. The Kier molecular flexibility index (Phi) is 6.13. The van der Waals surface area contributed by atoms with Crippen LogP contribution in [0.2, 0.25) is 10.0 Å². The van der Waals surface area contributed by atoms with Gasteiger partial charge in [0, 0.05) is 23.7 Å². The minimum atomic E-state index is -0.387. The highest BCUT2D eigenvalue weighted by Crippen LogP contribution is 2.29. The lowest BCUT2D eigenvalue weighted by molar-refractivity contribution is -0.114. The van der Waals surface area contributed by atoms with Crippen LogP contribution in [0.25, 0.3) is 11.3 Å². The number of carbonyl (C=O) groups excluding carboxylic acids is 2. The summed E-state index contributed by atoms with van der Waals surface area (Å²) in [4.78, 5) is 23.1. The van der Waals surface area contributed by atoms with Gasteiger partial charge in [-0.25, -0.2) is 5.43 Å². The Hall–Kier alpha value is -3.09. The maximum Gasteiger partial charge on any atom is 0.271 e. The Morgan fingerprint density at radius 2 is 1.75 bits per heavy atom. The zero-order valence-corrected chi connectivity index (χ0v) is 16.2. The molecule has 2 aromatic carbocycles. The standard InChI is InChI=1S/C20H15Cl2N3O3/c1-12(26)24-15-5-2-13(3-6-15)20(27)25-23-11-16-7-9-19(28-16)14-4-8-17(21)18(22)10-14/h2-11H,1H3,(H,24,26)(H,25,27)/b23-11-. The number of nitrogens with zero attached hydrogens (tertiary/aromatic N) is 1. The van der Waals surface area contributed by atoms with E-state index in [2.05, 4.69) is 15.8 Å². The van der Waals surface area contributed by atoms with Crippen LogP contribution in [0.5, 0.6) is 0 Å². The number of hydrogen-bond donors (Lipinski definition) is 2. The van der Waals surface area contributed by atoms with Gasteiger partial charge in [-0.05, 0) is 54.6 Å². The molecule has 2 amide bonds. The van der Waals surface area contributed by atoms with Crippen LogP contribution in [0, 0.1) is 0 Å². The molecule has 6 nitrogen and oxygen atoms in total. The Morgan fingerprint density at radius 1 is 1.00 bits per heavy atom. The van der Waals surface area contributed by atoms with Crippen LogP contribution < -0.4 is 10.7 Å². The molecule has 0 spiro atoms. The Labute approximate surface area is 171 Å². The lowest BCUT2D eigenvalue weighted by Crippen LogP contribution is -2.17. The zero-order valence-electron chi connectivity index (χ0n) is 14.7. The summed E-state index contributed by atoms with van der Waals surface area (Å²) < 4.78 is 5.66. The van der Waals surface area contributed by atoms with E-state index in [4.69, 9.17) is 27.6 Å². The van der Waals surface area contributed by atoms with E-state index in [1.807, 2.05) is 0 Å². The van der Waals surface area contributed by atoms with E-state index in [1.165, 1.54) is 13.1 Å². The maximum absolute atomic E-state index is 12.1. The third-order valence-corrected chi connectivity index (χ3v) is 4.40. The molecule has 0 unspecified atom stereocenters. The number of furan rings is 1. The molecule has 1 heterocycles. The van der Waals surface area contributed by atoms with E-state index in [0.717, 1.165) is 5.56 Å². The van der Waals surface area contributed by atoms with Crippen LogP contribution >= 0.6 is 23.2 Å². The van der Waals surface area contributed by atoms with Crippen LogP contribution in [0.4, 0.5) is 5.69 Å². The van der Waals surface area contributed by atoms with Gasteiger partial charge in [0.05, 0.1) is 16.3 Å². The minimum absolute atomic E-state index is 0.180. The number of anilines is 1. The third kappa shape index (κ3) is 5.00. The van der Waals surface area contributed by atoms with Crippen LogP contribution in [0.1, 0.15) is 23.0 Å². The molecule has 0 atom stereocenters. The van der Waals surface area contributed by atoms with Gasteiger partial charge in [0.15, 0.2) is 0 Å². The summed E-state index contributed by atoms with van der Waals surface area (Å²) in [5, 5.41) is 7.42. The van der Waals surface area contributed by atoms with Gasteiger partial charge >= 0.3 is 0 Å². The number of nitrogens with one attached hydrogen (secondary N) is 2. The molecule has 0 saturated heterocycles. The van der Waals surface area contributed by atoms with Crippen molar-refractivity contribution in [3.63, 3.8) is 0 Å². The quantitative estimate of drug-likeness (QED) is 0.455. The molecule has 0 radical (unpaired) electrons. The van der Waals surface area contributed by atoms with Crippen molar-refractivity contribution in [2.75, 3.05) is 5.32 Å². The summed E-state index contributed by atoms with van der Waals surface area (Å²) in [7, 11) is 0. The molecule has 3 rings (SSSR count). The molecule has 2 N–H and O–H groups in total. The summed E-state index contributed by atoms with van der Waals surface area (Å²) in [6.07, 6.45) is 1.39. The molecule has 0 aliphatic carbocycles. The van der Waals surface area contributed by atoms with E-state index in [1.54, 1.807) is 54.6 Å². The molecule has 0 aliphatic heterocycles. The van der Waals surface area contributed by atoms with Gasteiger partial charge in [0.25, 0.3) is 5.91 Å². The molecule has 0 saturated carbocycles. The van der Waals surface area contributed by atoms with Crippen LogP contribution in [-0.4, -0.2) is 18.0 Å². The molecular weight excluding hydrogens is 401 g/mol. The first-order valence-corrected chi connectivity index (χ1v) is 8.94. The van der Waals surface area contributed by atoms with Gasteiger partial charge in [0.1, 0.15) is 11.5 Å². The Bertz CT molecular complexity index is 1040. The average Bonchev–Trinajstić information content (AvgIpc) is 3.13. The van der Waals surface area contributed by atoms with E-state index in [-0.39, 0.29) is 11.8 Å². The highest BCUT2D eigenvalue weighted by Gasteiger charge is 2.07. The molecular formula is C20H15Cl2N3O3. The van der Waals surface area contributed by atoms with E-state index in [0.29, 0.717) is 32.8 Å². The summed E-state index contributed by atoms with van der Waals surface area (Å²) in [6, 6.07) is 15.1. The predicted octanol–water partition coefficient (Wildman–Crippen LogP) is 4.98. The smallest absolute Gasteiger partial charge is 0.271 e. The van der Waals surface area contributed by atoms with Gasteiger partial charge in [-0.2, -0.15) is 5.10 Å². The number of halogens is 2. The molecule has 28 heavy (non-hydrogen) atoms. The first kappa shape index (κ1) is 19.7. The molecule has 142 valence electrons. The number of amides is 2. The normalized spacial score (nSPS) is 10.8. The van der Waals surface area contributed by atoms with Crippen LogP contribution in [0.3, 0.4) is 0 Å². The second kappa shape index (κ2) is 8.73. The molecule has 3 aromatic rings. The van der Waals surface area contributed by atoms with E-state index < -0.39 is 0 Å². The van der Waals surface area contributed by atoms with E-state index >= 15 is 0 Å². The van der Waals surface area contributed by atoms with Crippen molar-refractivity contribution in [2.24, 2.45) is 5.10 Å². The van der Waals surface area contributed by atoms with Gasteiger partial charge in [-0.3, -0.25) is 9.59 Å². The number of hydrazone groups is 1. The first-order valence-electron chi connectivity index (χ1n) is 8.19. The van der Waals surface area contributed by atoms with Crippen molar-refractivity contribution in [2.45, 2.75) is 6.92 Å².